The molecule has 0 aliphatic heterocycles. The third kappa shape index (κ3) is 3.71. The van der Waals surface area contributed by atoms with Gasteiger partial charge in [-0.15, -0.1) is 0 Å². The van der Waals surface area contributed by atoms with Gasteiger partial charge in [-0.3, -0.25) is 0 Å². The lowest BCUT2D eigenvalue weighted by Gasteiger charge is -2.15. The maximum atomic E-state index is 12.5. The van der Waals surface area contributed by atoms with Crippen LogP contribution in [0.4, 0.5) is 0 Å². The smallest absolute Gasteiger partial charge is 0.356 e. The zero-order valence-corrected chi connectivity index (χ0v) is 14.4. The van der Waals surface area contributed by atoms with E-state index in [0.717, 1.165) is 0 Å². The van der Waals surface area contributed by atoms with E-state index in [-0.39, 0.29) is 11.3 Å². The van der Waals surface area contributed by atoms with Crippen molar-refractivity contribution in [1.82, 2.24) is 4.98 Å². The van der Waals surface area contributed by atoms with E-state index < -0.39 is 24.0 Å². The van der Waals surface area contributed by atoms with Crippen LogP contribution in [-0.2, 0) is 19.0 Å². The summed E-state index contributed by atoms with van der Waals surface area (Å²) in [6.07, 6.45) is -1.21. The van der Waals surface area contributed by atoms with E-state index >= 15 is 0 Å². The molecule has 2 aromatic rings. The van der Waals surface area contributed by atoms with Gasteiger partial charge in [0.2, 0.25) is 6.10 Å². The lowest BCUT2D eigenvalue weighted by Crippen LogP contribution is -2.21. The first-order valence-corrected chi connectivity index (χ1v) is 7.51. The Morgan fingerprint density at radius 2 is 1.60 bits per heavy atom. The minimum absolute atomic E-state index is 0.0859. The van der Waals surface area contributed by atoms with Crippen molar-refractivity contribution >= 4 is 17.9 Å². The molecule has 0 radical (unpaired) electrons. The molecule has 0 saturated carbocycles. The zero-order valence-electron chi connectivity index (χ0n) is 14.4. The van der Waals surface area contributed by atoms with E-state index in [2.05, 4.69) is 4.98 Å². The number of H-pyrrole nitrogens is 1. The fraction of sp³-hybridized carbons (Fsp3) is 0.278. The Bertz CT molecular complexity index is 793. The summed E-state index contributed by atoms with van der Waals surface area (Å²) in [6.45, 7) is 3.24. The average Bonchev–Trinajstić information content (AvgIpc) is 2.93. The topological polar surface area (TPSA) is 94.7 Å². The molecule has 0 aliphatic rings. The van der Waals surface area contributed by atoms with E-state index in [1.165, 1.54) is 14.2 Å². The van der Waals surface area contributed by atoms with Crippen molar-refractivity contribution in [3.8, 4) is 0 Å². The Morgan fingerprint density at radius 3 is 2.16 bits per heavy atom. The molecule has 1 heterocycles. The van der Waals surface area contributed by atoms with Crippen molar-refractivity contribution in [3.63, 3.8) is 0 Å². The van der Waals surface area contributed by atoms with Gasteiger partial charge in [0.15, 0.2) is 0 Å². The molecule has 2 rings (SSSR count). The largest absolute Gasteiger partial charge is 0.466 e. The van der Waals surface area contributed by atoms with Crippen molar-refractivity contribution in [2.45, 2.75) is 20.0 Å². The maximum Gasteiger partial charge on any atom is 0.356 e. The van der Waals surface area contributed by atoms with Crippen molar-refractivity contribution in [3.05, 3.63) is 58.4 Å². The molecule has 0 fully saturated rings. The summed E-state index contributed by atoms with van der Waals surface area (Å²) < 4.78 is 14.8. The minimum Gasteiger partial charge on any atom is -0.466 e. The second-order valence-electron chi connectivity index (χ2n) is 5.34. The van der Waals surface area contributed by atoms with Crippen molar-refractivity contribution in [2.75, 3.05) is 14.2 Å². The van der Waals surface area contributed by atoms with Crippen molar-refractivity contribution in [2.24, 2.45) is 0 Å². The Kier molecular flexibility index (Phi) is 5.59. The molecular formula is C18H19NO6. The summed E-state index contributed by atoms with van der Waals surface area (Å²) in [5.74, 6) is -2.03. The van der Waals surface area contributed by atoms with E-state index in [0.29, 0.717) is 16.8 Å². The second-order valence-corrected chi connectivity index (χ2v) is 5.34. The van der Waals surface area contributed by atoms with Gasteiger partial charge < -0.3 is 19.2 Å². The summed E-state index contributed by atoms with van der Waals surface area (Å²) in [5.41, 5.74) is 1.71. The SMILES string of the molecule is COC(=O)c1c(C)[nH]c(C(=O)O[C@@H](C(=O)OC)c2ccccc2)c1C. The number of hydrogen-bond donors (Lipinski definition) is 1. The fourth-order valence-corrected chi connectivity index (χ4v) is 2.52. The normalized spacial score (nSPS) is 11.5. The molecule has 0 bridgehead atoms. The summed E-state index contributed by atoms with van der Waals surface area (Å²) >= 11 is 0. The Morgan fingerprint density at radius 1 is 0.960 bits per heavy atom. The molecule has 7 nitrogen and oxygen atoms in total. The van der Waals surface area contributed by atoms with E-state index in [1.807, 2.05) is 0 Å². The minimum atomic E-state index is -1.21. The van der Waals surface area contributed by atoms with Crippen molar-refractivity contribution in [1.29, 1.82) is 0 Å². The maximum absolute atomic E-state index is 12.5. The van der Waals surface area contributed by atoms with Crippen LogP contribution in [0.1, 0.15) is 43.8 Å². The standard InChI is InChI=1S/C18H19NO6/c1-10-13(16(20)23-3)11(2)19-14(10)17(21)25-15(18(22)24-4)12-8-6-5-7-9-12/h5-9,15,19H,1-4H3/t15-/m1/s1. The van der Waals surface area contributed by atoms with Gasteiger partial charge in [-0.25, -0.2) is 14.4 Å². The Hall–Kier alpha value is -3.09. The van der Waals surface area contributed by atoms with Crippen LogP contribution in [0, 0.1) is 13.8 Å². The molecule has 132 valence electrons. The van der Waals surface area contributed by atoms with Crippen LogP contribution in [0.15, 0.2) is 30.3 Å². The first-order valence-electron chi connectivity index (χ1n) is 7.51. The molecule has 7 heteroatoms. The number of benzene rings is 1. The highest BCUT2D eigenvalue weighted by molar-refractivity contribution is 5.99. The van der Waals surface area contributed by atoms with Crippen LogP contribution in [-0.4, -0.2) is 37.1 Å². The molecule has 0 spiro atoms. The van der Waals surface area contributed by atoms with Gasteiger partial charge in [-0.05, 0) is 19.4 Å². The molecule has 0 aliphatic carbocycles. The molecule has 1 aromatic carbocycles. The highest BCUT2D eigenvalue weighted by atomic mass is 16.6. The first-order chi connectivity index (χ1) is 11.9. The molecule has 1 atom stereocenters. The van der Waals surface area contributed by atoms with E-state index in [4.69, 9.17) is 14.2 Å². The number of aromatic amines is 1. The van der Waals surface area contributed by atoms with Gasteiger partial charge in [0.25, 0.3) is 0 Å². The molecule has 0 unspecified atom stereocenters. The highest BCUT2D eigenvalue weighted by Gasteiger charge is 2.29. The van der Waals surface area contributed by atoms with Gasteiger partial charge in [0.1, 0.15) is 5.69 Å². The predicted molar refractivity (Wildman–Crippen MR) is 88.2 cm³/mol. The monoisotopic (exact) mass is 345 g/mol. The molecule has 25 heavy (non-hydrogen) atoms. The number of aryl methyl sites for hydroxylation is 1. The third-order valence-electron chi connectivity index (χ3n) is 3.77. The first kappa shape index (κ1) is 18.3. The number of nitrogens with one attached hydrogen (secondary N) is 1. The predicted octanol–water partition coefficient (Wildman–Crippen LogP) is 2.49. The quantitative estimate of drug-likeness (QED) is 0.661. The number of carbonyl (C=O) groups excluding carboxylic acids is 3. The summed E-state index contributed by atoms with van der Waals surface area (Å²) in [6, 6.07) is 8.53. The number of rotatable bonds is 5. The van der Waals surface area contributed by atoms with E-state index in [9.17, 15) is 14.4 Å². The lowest BCUT2D eigenvalue weighted by molar-refractivity contribution is -0.151. The van der Waals surface area contributed by atoms with Crippen LogP contribution in [0.2, 0.25) is 0 Å². The Labute approximate surface area is 144 Å². The van der Waals surface area contributed by atoms with Crippen LogP contribution in [0.5, 0.6) is 0 Å². The van der Waals surface area contributed by atoms with Crippen molar-refractivity contribution < 1.29 is 28.6 Å². The molecule has 1 aromatic heterocycles. The zero-order chi connectivity index (χ0) is 18.6. The van der Waals surface area contributed by atoms with Gasteiger partial charge in [-0.2, -0.15) is 0 Å². The Balaban J connectivity index is 2.34. The number of methoxy groups -OCH3 is 2. The highest BCUT2D eigenvalue weighted by Crippen LogP contribution is 2.24. The van der Waals surface area contributed by atoms with Gasteiger partial charge >= 0.3 is 17.9 Å². The number of hydrogen-bond acceptors (Lipinski definition) is 6. The number of ether oxygens (including phenoxy) is 3. The van der Waals surface area contributed by atoms with E-state index in [1.54, 1.807) is 44.2 Å². The average molecular weight is 345 g/mol. The third-order valence-corrected chi connectivity index (χ3v) is 3.77. The lowest BCUT2D eigenvalue weighted by atomic mass is 10.1. The van der Waals surface area contributed by atoms with Crippen LogP contribution in [0.25, 0.3) is 0 Å². The van der Waals surface area contributed by atoms with Gasteiger partial charge in [-0.1, -0.05) is 30.3 Å². The summed E-state index contributed by atoms with van der Waals surface area (Å²) in [5, 5.41) is 0. The van der Waals surface area contributed by atoms with Crippen LogP contribution in [0.3, 0.4) is 0 Å². The molecule has 0 amide bonds. The second kappa shape index (κ2) is 7.65. The number of aromatic nitrogens is 1. The fourth-order valence-electron chi connectivity index (χ4n) is 2.52. The molecule has 1 N–H and O–H groups in total. The van der Waals surface area contributed by atoms with Gasteiger partial charge in [0.05, 0.1) is 19.8 Å². The van der Waals surface area contributed by atoms with Crippen LogP contribution >= 0.6 is 0 Å². The summed E-state index contributed by atoms with van der Waals surface area (Å²) in [4.78, 5) is 39.2. The van der Waals surface area contributed by atoms with Crippen LogP contribution < -0.4 is 0 Å². The molecule has 0 saturated heterocycles. The number of esters is 3. The van der Waals surface area contributed by atoms with Gasteiger partial charge in [0, 0.05) is 11.3 Å². The molecular weight excluding hydrogens is 326 g/mol. The summed E-state index contributed by atoms with van der Waals surface area (Å²) in [7, 11) is 2.47. The number of carbonyl (C=O) groups is 3.